The number of pyridine rings is 1. The Labute approximate surface area is 180 Å². The maximum absolute atomic E-state index is 14.1. The van der Waals surface area contributed by atoms with Crippen molar-refractivity contribution in [1.29, 1.82) is 0 Å². The number of H-pyrrole nitrogens is 1. The van der Waals surface area contributed by atoms with Crippen molar-refractivity contribution in [1.82, 2.24) is 9.88 Å². The summed E-state index contributed by atoms with van der Waals surface area (Å²) in [6.45, 7) is 0.155. The van der Waals surface area contributed by atoms with E-state index in [1.807, 2.05) is 12.1 Å². The van der Waals surface area contributed by atoms with E-state index >= 15 is 0 Å². The number of aromatic amines is 1. The van der Waals surface area contributed by atoms with Gasteiger partial charge in [-0.05, 0) is 48.6 Å². The van der Waals surface area contributed by atoms with Crippen LogP contribution in [0.4, 0.5) is 14.9 Å². The third-order valence-electron chi connectivity index (χ3n) is 5.86. The molecule has 1 heterocycles. The molecule has 1 aliphatic rings. The zero-order chi connectivity index (χ0) is 21.8. The van der Waals surface area contributed by atoms with Crippen molar-refractivity contribution in [2.75, 3.05) is 12.4 Å². The number of benzene rings is 2. The molecule has 1 aromatic heterocycles. The van der Waals surface area contributed by atoms with Crippen molar-refractivity contribution in [3.05, 3.63) is 70.3 Å². The molecule has 31 heavy (non-hydrogen) atoms. The van der Waals surface area contributed by atoms with Crippen LogP contribution < -0.4 is 15.6 Å². The number of carbonyl (C=O) groups is 1. The van der Waals surface area contributed by atoms with Gasteiger partial charge in [0, 0.05) is 17.7 Å². The lowest BCUT2D eigenvalue weighted by Gasteiger charge is -2.34. The minimum absolute atomic E-state index is 0.00601. The van der Waals surface area contributed by atoms with E-state index in [4.69, 9.17) is 4.74 Å². The third-order valence-corrected chi connectivity index (χ3v) is 5.86. The van der Waals surface area contributed by atoms with E-state index in [1.54, 1.807) is 36.3 Å². The Balaban J connectivity index is 1.64. The predicted molar refractivity (Wildman–Crippen MR) is 119 cm³/mol. The minimum atomic E-state index is -0.489. The quantitative estimate of drug-likeness (QED) is 0.604. The number of fused-ring (bicyclic) bond motifs is 1. The molecule has 7 heteroatoms. The zero-order valence-electron chi connectivity index (χ0n) is 17.5. The molecule has 0 spiro atoms. The van der Waals surface area contributed by atoms with E-state index in [2.05, 4.69) is 10.3 Å². The van der Waals surface area contributed by atoms with Crippen molar-refractivity contribution in [3.8, 4) is 5.75 Å². The first-order valence-corrected chi connectivity index (χ1v) is 10.6. The van der Waals surface area contributed by atoms with Gasteiger partial charge in [0.2, 0.25) is 0 Å². The molecule has 0 radical (unpaired) electrons. The Hall–Kier alpha value is -3.35. The molecule has 0 bridgehead atoms. The maximum Gasteiger partial charge on any atom is 0.322 e. The number of hydrogen-bond donors (Lipinski definition) is 2. The van der Waals surface area contributed by atoms with Crippen LogP contribution in [0.1, 0.15) is 37.7 Å². The summed E-state index contributed by atoms with van der Waals surface area (Å²) >= 11 is 0. The number of methoxy groups -OCH3 is 1. The monoisotopic (exact) mass is 423 g/mol. The number of carbonyl (C=O) groups excluding carboxylic acids is 1. The molecule has 1 aliphatic carbocycles. The van der Waals surface area contributed by atoms with Gasteiger partial charge >= 0.3 is 6.03 Å². The first-order valence-electron chi connectivity index (χ1n) is 10.6. The van der Waals surface area contributed by atoms with Crippen LogP contribution in [-0.4, -0.2) is 29.1 Å². The molecule has 1 saturated carbocycles. The summed E-state index contributed by atoms with van der Waals surface area (Å²) in [5, 5.41) is 3.54. The zero-order valence-corrected chi connectivity index (χ0v) is 17.5. The lowest BCUT2D eigenvalue weighted by molar-refractivity contribution is 0.162. The van der Waals surface area contributed by atoms with Crippen molar-refractivity contribution in [2.24, 2.45) is 0 Å². The number of nitrogens with one attached hydrogen (secondary N) is 2. The fourth-order valence-corrected chi connectivity index (χ4v) is 4.16. The number of amides is 2. The van der Waals surface area contributed by atoms with Gasteiger partial charge in [0.25, 0.3) is 5.56 Å². The van der Waals surface area contributed by atoms with Crippen LogP contribution in [0.15, 0.2) is 53.3 Å². The molecule has 1 fully saturated rings. The minimum Gasteiger partial charge on any atom is -0.497 e. The molecule has 4 rings (SSSR count). The van der Waals surface area contributed by atoms with Gasteiger partial charge in [-0.2, -0.15) is 0 Å². The average Bonchev–Trinajstić information content (AvgIpc) is 2.79. The van der Waals surface area contributed by atoms with Crippen molar-refractivity contribution >= 4 is 22.6 Å². The van der Waals surface area contributed by atoms with Crippen LogP contribution in [0.3, 0.4) is 0 Å². The van der Waals surface area contributed by atoms with Gasteiger partial charge in [-0.25, -0.2) is 9.18 Å². The van der Waals surface area contributed by atoms with Crippen molar-refractivity contribution < 1.29 is 13.9 Å². The Morgan fingerprint density at radius 3 is 2.68 bits per heavy atom. The highest BCUT2D eigenvalue weighted by Gasteiger charge is 2.27. The number of ether oxygens (including phenoxy) is 1. The number of hydrogen-bond acceptors (Lipinski definition) is 3. The van der Waals surface area contributed by atoms with Gasteiger partial charge in [0.15, 0.2) is 0 Å². The van der Waals surface area contributed by atoms with E-state index in [1.165, 1.54) is 12.1 Å². The first-order chi connectivity index (χ1) is 15.0. The highest BCUT2D eigenvalue weighted by Crippen LogP contribution is 2.26. The van der Waals surface area contributed by atoms with Crippen LogP contribution in [-0.2, 0) is 6.54 Å². The molecule has 162 valence electrons. The third kappa shape index (κ3) is 4.71. The molecule has 2 N–H and O–H groups in total. The molecular formula is C24H26FN3O3. The Bertz CT molecular complexity index is 1140. The number of urea groups is 1. The fourth-order valence-electron chi connectivity index (χ4n) is 4.16. The van der Waals surface area contributed by atoms with Crippen LogP contribution >= 0.6 is 0 Å². The van der Waals surface area contributed by atoms with Crippen LogP contribution in [0, 0.1) is 5.82 Å². The predicted octanol–water partition coefficient (Wildman–Crippen LogP) is 5.04. The number of nitrogens with zero attached hydrogens (tertiary/aromatic N) is 1. The molecular weight excluding hydrogens is 397 g/mol. The van der Waals surface area contributed by atoms with E-state index in [-0.39, 0.29) is 23.8 Å². The molecule has 0 atom stereocenters. The summed E-state index contributed by atoms with van der Waals surface area (Å²) in [5.41, 5.74) is 1.05. The first kappa shape index (κ1) is 20.9. The van der Waals surface area contributed by atoms with E-state index in [0.29, 0.717) is 16.8 Å². The smallest absolute Gasteiger partial charge is 0.322 e. The Kier molecular flexibility index (Phi) is 6.21. The van der Waals surface area contributed by atoms with Gasteiger partial charge < -0.3 is 19.9 Å². The fraction of sp³-hybridized carbons (Fsp3) is 0.333. The molecule has 2 aromatic carbocycles. The van der Waals surface area contributed by atoms with E-state index in [0.717, 1.165) is 37.5 Å². The Morgan fingerprint density at radius 1 is 1.16 bits per heavy atom. The van der Waals surface area contributed by atoms with Crippen molar-refractivity contribution in [3.63, 3.8) is 0 Å². The highest BCUT2D eigenvalue weighted by atomic mass is 19.1. The number of para-hydroxylation sites is 1. The second kappa shape index (κ2) is 9.20. The molecule has 3 aromatic rings. The molecule has 6 nitrogen and oxygen atoms in total. The number of rotatable bonds is 5. The lowest BCUT2D eigenvalue weighted by Crippen LogP contribution is -2.44. The van der Waals surface area contributed by atoms with Crippen LogP contribution in [0.25, 0.3) is 10.9 Å². The van der Waals surface area contributed by atoms with Crippen molar-refractivity contribution in [2.45, 2.75) is 44.7 Å². The van der Waals surface area contributed by atoms with Gasteiger partial charge in [-0.1, -0.05) is 31.4 Å². The summed E-state index contributed by atoms with van der Waals surface area (Å²) in [6, 6.07) is 13.0. The summed E-state index contributed by atoms with van der Waals surface area (Å²) < 4.78 is 19.3. The number of aromatic nitrogens is 1. The summed E-state index contributed by atoms with van der Waals surface area (Å²) in [6.07, 6.45) is 4.93. The second-order valence-electron chi connectivity index (χ2n) is 7.91. The van der Waals surface area contributed by atoms with E-state index < -0.39 is 11.8 Å². The molecule has 0 saturated heterocycles. The topological polar surface area (TPSA) is 74.4 Å². The van der Waals surface area contributed by atoms with Crippen LogP contribution in [0.2, 0.25) is 0 Å². The second-order valence-corrected chi connectivity index (χ2v) is 7.91. The summed E-state index contributed by atoms with van der Waals surface area (Å²) in [4.78, 5) is 30.5. The Morgan fingerprint density at radius 2 is 1.94 bits per heavy atom. The molecule has 2 amide bonds. The van der Waals surface area contributed by atoms with E-state index in [9.17, 15) is 14.0 Å². The van der Waals surface area contributed by atoms with Gasteiger partial charge in [-0.3, -0.25) is 4.79 Å². The average molecular weight is 423 g/mol. The largest absolute Gasteiger partial charge is 0.497 e. The normalized spacial score (nSPS) is 14.4. The van der Waals surface area contributed by atoms with Crippen LogP contribution in [0.5, 0.6) is 5.75 Å². The standard InChI is InChI=1S/C24H26FN3O3/c1-31-19-12-11-16-13-17(23(29)26-22(16)14-19)15-28(18-7-3-2-4-8-18)24(30)27-21-10-6-5-9-20(21)25/h5-6,9-14,18H,2-4,7-8,15H2,1H3,(H,26,29)(H,27,30). The molecule has 0 unspecified atom stereocenters. The van der Waals surface area contributed by atoms with Gasteiger partial charge in [-0.15, -0.1) is 0 Å². The summed E-state index contributed by atoms with van der Waals surface area (Å²) in [5.74, 6) is 0.168. The van der Waals surface area contributed by atoms with Gasteiger partial charge in [0.05, 0.1) is 24.9 Å². The lowest BCUT2D eigenvalue weighted by atomic mass is 9.94. The molecule has 0 aliphatic heterocycles. The number of anilines is 1. The van der Waals surface area contributed by atoms with Gasteiger partial charge in [0.1, 0.15) is 11.6 Å². The number of halogens is 1. The SMILES string of the molecule is COc1ccc2cc(CN(C(=O)Nc3ccccc3F)C3CCCCC3)c(=O)[nH]c2c1. The summed E-state index contributed by atoms with van der Waals surface area (Å²) in [7, 11) is 1.57. The highest BCUT2D eigenvalue weighted by molar-refractivity contribution is 5.89. The maximum atomic E-state index is 14.1.